The molecule has 0 atom stereocenters. The standard InChI is InChI=1S/C18H21N3O4S/c1-13-6-3-4-9-17(13)18(23)19-10-11-26(24,25)21-16-8-5-7-15(12-16)20-14(2)22/h3-9,12,21H,10-11H2,1-2H3,(H,19,23)(H,20,22). The predicted octanol–water partition coefficient (Wildman–Crippen LogP) is 2.13. The normalized spacial score (nSPS) is 10.8. The second-order valence-electron chi connectivity index (χ2n) is 5.75. The van der Waals surface area contributed by atoms with E-state index in [4.69, 9.17) is 0 Å². The average Bonchev–Trinajstić information content (AvgIpc) is 2.54. The number of nitrogens with one attached hydrogen (secondary N) is 3. The van der Waals surface area contributed by atoms with E-state index in [1.165, 1.54) is 13.0 Å². The third-order valence-corrected chi connectivity index (χ3v) is 4.79. The van der Waals surface area contributed by atoms with Crippen LogP contribution in [0.1, 0.15) is 22.8 Å². The topological polar surface area (TPSA) is 104 Å². The van der Waals surface area contributed by atoms with Crippen LogP contribution in [0.2, 0.25) is 0 Å². The SMILES string of the molecule is CC(=O)Nc1cccc(NS(=O)(=O)CCNC(=O)c2ccccc2C)c1. The van der Waals surface area contributed by atoms with Crippen LogP contribution in [0.4, 0.5) is 11.4 Å². The molecule has 26 heavy (non-hydrogen) atoms. The number of carbonyl (C=O) groups is 2. The first-order valence-corrected chi connectivity index (χ1v) is 9.64. The summed E-state index contributed by atoms with van der Waals surface area (Å²) in [5.41, 5.74) is 2.16. The largest absolute Gasteiger partial charge is 0.351 e. The second-order valence-corrected chi connectivity index (χ2v) is 7.60. The molecule has 2 aromatic carbocycles. The van der Waals surface area contributed by atoms with Crippen molar-refractivity contribution in [2.24, 2.45) is 0 Å². The summed E-state index contributed by atoms with van der Waals surface area (Å²) in [6.45, 7) is 3.16. The molecule has 0 saturated heterocycles. The van der Waals surface area contributed by atoms with E-state index in [-0.39, 0.29) is 24.1 Å². The lowest BCUT2D eigenvalue weighted by Crippen LogP contribution is -2.31. The number of rotatable bonds is 7. The number of carbonyl (C=O) groups excluding carboxylic acids is 2. The zero-order chi connectivity index (χ0) is 19.2. The van der Waals surface area contributed by atoms with Crippen molar-refractivity contribution in [2.75, 3.05) is 22.3 Å². The number of hydrogen-bond acceptors (Lipinski definition) is 4. The van der Waals surface area contributed by atoms with Crippen molar-refractivity contribution in [3.63, 3.8) is 0 Å². The van der Waals surface area contributed by atoms with Gasteiger partial charge in [-0.05, 0) is 36.8 Å². The van der Waals surface area contributed by atoms with Crippen molar-refractivity contribution in [2.45, 2.75) is 13.8 Å². The maximum atomic E-state index is 12.2. The minimum absolute atomic E-state index is 0.0200. The van der Waals surface area contributed by atoms with E-state index in [0.29, 0.717) is 16.9 Å². The van der Waals surface area contributed by atoms with Crippen molar-refractivity contribution in [1.29, 1.82) is 0 Å². The van der Waals surface area contributed by atoms with E-state index >= 15 is 0 Å². The number of amides is 2. The summed E-state index contributed by atoms with van der Waals surface area (Å²) in [6.07, 6.45) is 0. The quantitative estimate of drug-likeness (QED) is 0.689. The fourth-order valence-electron chi connectivity index (χ4n) is 2.32. The minimum Gasteiger partial charge on any atom is -0.351 e. The summed E-state index contributed by atoms with van der Waals surface area (Å²) < 4.78 is 26.8. The van der Waals surface area contributed by atoms with Gasteiger partial charge in [0.15, 0.2) is 0 Å². The molecule has 0 aromatic heterocycles. The van der Waals surface area contributed by atoms with E-state index in [2.05, 4.69) is 15.4 Å². The summed E-state index contributed by atoms with van der Waals surface area (Å²) >= 11 is 0. The van der Waals surface area contributed by atoms with Gasteiger partial charge < -0.3 is 10.6 Å². The summed E-state index contributed by atoms with van der Waals surface area (Å²) in [5, 5.41) is 5.19. The molecule has 8 heteroatoms. The zero-order valence-electron chi connectivity index (χ0n) is 14.6. The summed E-state index contributed by atoms with van der Waals surface area (Å²) in [7, 11) is -3.65. The first-order chi connectivity index (χ1) is 12.3. The van der Waals surface area contributed by atoms with Gasteiger partial charge in [-0.1, -0.05) is 24.3 Å². The lowest BCUT2D eigenvalue weighted by Gasteiger charge is -2.11. The Bertz CT molecular complexity index is 910. The first kappa shape index (κ1) is 19.5. The van der Waals surface area contributed by atoms with Gasteiger partial charge in [0.2, 0.25) is 15.9 Å². The van der Waals surface area contributed by atoms with Gasteiger partial charge >= 0.3 is 0 Å². The van der Waals surface area contributed by atoms with Gasteiger partial charge in [-0.2, -0.15) is 0 Å². The molecule has 0 aliphatic heterocycles. The predicted molar refractivity (Wildman–Crippen MR) is 102 cm³/mol. The van der Waals surface area contributed by atoms with Gasteiger partial charge in [-0.15, -0.1) is 0 Å². The average molecular weight is 375 g/mol. The Balaban J connectivity index is 1.92. The molecule has 7 nitrogen and oxygen atoms in total. The Morgan fingerprint density at radius 2 is 1.69 bits per heavy atom. The molecule has 0 aliphatic rings. The highest BCUT2D eigenvalue weighted by Crippen LogP contribution is 2.16. The van der Waals surface area contributed by atoms with Crippen LogP contribution in [-0.2, 0) is 14.8 Å². The molecule has 2 aromatic rings. The Kier molecular flexibility index (Phi) is 6.35. The fourth-order valence-corrected chi connectivity index (χ4v) is 3.28. The van der Waals surface area contributed by atoms with Crippen LogP contribution < -0.4 is 15.4 Å². The first-order valence-electron chi connectivity index (χ1n) is 7.99. The van der Waals surface area contributed by atoms with E-state index in [1.54, 1.807) is 30.3 Å². The van der Waals surface area contributed by atoms with Crippen molar-refractivity contribution in [1.82, 2.24) is 5.32 Å². The number of aryl methyl sites for hydroxylation is 1. The second kappa shape index (κ2) is 8.48. The number of hydrogen-bond donors (Lipinski definition) is 3. The van der Waals surface area contributed by atoms with Crippen LogP contribution in [0, 0.1) is 6.92 Å². The van der Waals surface area contributed by atoms with E-state index in [1.807, 2.05) is 19.1 Å². The molecule has 0 fully saturated rings. The maximum absolute atomic E-state index is 12.2. The molecule has 0 aliphatic carbocycles. The van der Waals surface area contributed by atoms with E-state index in [9.17, 15) is 18.0 Å². The van der Waals surface area contributed by atoms with Gasteiger partial charge in [0.25, 0.3) is 5.91 Å². The summed E-state index contributed by atoms with van der Waals surface area (Å²) in [6, 6.07) is 13.5. The van der Waals surface area contributed by atoms with Crippen LogP contribution in [-0.4, -0.2) is 32.5 Å². The zero-order valence-corrected chi connectivity index (χ0v) is 15.4. The van der Waals surface area contributed by atoms with Gasteiger partial charge in [0.1, 0.15) is 0 Å². The molecule has 138 valence electrons. The molecule has 0 heterocycles. The Hall–Kier alpha value is -2.87. The van der Waals surface area contributed by atoms with Gasteiger partial charge in [0.05, 0.1) is 11.4 Å². The van der Waals surface area contributed by atoms with Gasteiger partial charge in [-0.25, -0.2) is 8.42 Å². The monoisotopic (exact) mass is 375 g/mol. The smallest absolute Gasteiger partial charge is 0.251 e. The molecular formula is C18H21N3O4S. The molecule has 2 amide bonds. The minimum atomic E-state index is -3.65. The van der Waals surface area contributed by atoms with E-state index < -0.39 is 10.0 Å². The molecule has 3 N–H and O–H groups in total. The van der Waals surface area contributed by atoms with Crippen LogP contribution in [0.25, 0.3) is 0 Å². The van der Waals surface area contributed by atoms with Crippen LogP contribution in [0.5, 0.6) is 0 Å². The highest BCUT2D eigenvalue weighted by atomic mass is 32.2. The molecule has 0 bridgehead atoms. The highest BCUT2D eigenvalue weighted by Gasteiger charge is 2.13. The third kappa shape index (κ3) is 5.89. The van der Waals surface area contributed by atoms with Gasteiger partial charge in [0, 0.05) is 24.7 Å². The maximum Gasteiger partial charge on any atom is 0.251 e. The van der Waals surface area contributed by atoms with Gasteiger partial charge in [-0.3, -0.25) is 14.3 Å². The fraction of sp³-hybridized carbons (Fsp3) is 0.222. The Morgan fingerprint density at radius 3 is 2.38 bits per heavy atom. The lowest BCUT2D eigenvalue weighted by molar-refractivity contribution is -0.114. The van der Waals surface area contributed by atoms with Crippen molar-refractivity contribution < 1.29 is 18.0 Å². The highest BCUT2D eigenvalue weighted by molar-refractivity contribution is 7.92. The number of sulfonamides is 1. The van der Waals surface area contributed by atoms with Crippen LogP contribution in [0.15, 0.2) is 48.5 Å². The number of benzene rings is 2. The van der Waals surface area contributed by atoms with Crippen LogP contribution in [0.3, 0.4) is 0 Å². The van der Waals surface area contributed by atoms with Crippen LogP contribution >= 0.6 is 0 Å². The molecule has 0 saturated carbocycles. The van der Waals surface area contributed by atoms with Crippen molar-refractivity contribution in [3.05, 3.63) is 59.7 Å². The van der Waals surface area contributed by atoms with E-state index in [0.717, 1.165) is 5.56 Å². The molecule has 0 spiro atoms. The Labute approximate surface area is 152 Å². The van der Waals surface area contributed by atoms with Crippen molar-refractivity contribution >= 4 is 33.2 Å². The van der Waals surface area contributed by atoms with Crippen molar-refractivity contribution in [3.8, 4) is 0 Å². The Morgan fingerprint density at radius 1 is 1.00 bits per heavy atom. The summed E-state index contributed by atoms with van der Waals surface area (Å²) in [4.78, 5) is 23.2. The molecule has 0 radical (unpaired) electrons. The molecule has 0 unspecified atom stereocenters. The molecule has 2 rings (SSSR count). The summed E-state index contributed by atoms with van der Waals surface area (Å²) in [5.74, 6) is -0.829. The third-order valence-electron chi connectivity index (χ3n) is 3.50. The molecular weight excluding hydrogens is 354 g/mol. The lowest BCUT2D eigenvalue weighted by atomic mass is 10.1. The number of anilines is 2.